The fourth-order valence-electron chi connectivity index (χ4n) is 2.40. The molecule has 3 heteroatoms. The van der Waals surface area contributed by atoms with Crippen LogP contribution >= 0.6 is 0 Å². The number of nitrogens with one attached hydrogen (secondary N) is 1. The molecule has 1 fully saturated rings. The molecule has 96 valence electrons. The summed E-state index contributed by atoms with van der Waals surface area (Å²) in [7, 11) is 0. The first-order chi connectivity index (χ1) is 7.70. The molecular formula is C13H28N2O. The second kappa shape index (κ2) is 7.25. The lowest BCUT2D eigenvalue weighted by atomic mass is 9.99. The van der Waals surface area contributed by atoms with Gasteiger partial charge in [0.25, 0.3) is 0 Å². The van der Waals surface area contributed by atoms with Gasteiger partial charge in [0.2, 0.25) is 0 Å². The Morgan fingerprint density at radius 2 is 1.88 bits per heavy atom. The van der Waals surface area contributed by atoms with Crippen LogP contribution in [0.3, 0.4) is 0 Å². The SMILES string of the molecule is CCOCC(C)(CN)NC1CCCCCC1. The predicted octanol–water partition coefficient (Wildman–Crippen LogP) is 2.05. The summed E-state index contributed by atoms with van der Waals surface area (Å²) in [6.07, 6.45) is 8.08. The third-order valence-electron chi connectivity index (χ3n) is 3.48. The molecular weight excluding hydrogens is 200 g/mol. The first-order valence-electron chi connectivity index (χ1n) is 6.75. The molecule has 0 heterocycles. The Kier molecular flexibility index (Phi) is 6.32. The van der Waals surface area contributed by atoms with Gasteiger partial charge in [0.15, 0.2) is 0 Å². The highest BCUT2D eigenvalue weighted by molar-refractivity contribution is 4.88. The van der Waals surface area contributed by atoms with E-state index >= 15 is 0 Å². The van der Waals surface area contributed by atoms with E-state index in [1.807, 2.05) is 6.92 Å². The fraction of sp³-hybridized carbons (Fsp3) is 1.00. The fourth-order valence-corrected chi connectivity index (χ4v) is 2.40. The Hall–Kier alpha value is -0.120. The van der Waals surface area contributed by atoms with Gasteiger partial charge in [-0.2, -0.15) is 0 Å². The molecule has 16 heavy (non-hydrogen) atoms. The minimum Gasteiger partial charge on any atom is -0.380 e. The van der Waals surface area contributed by atoms with E-state index in [1.54, 1.807) is 0 Å². The van der Waals surface area contributed by atoms with Crippen molar-refractivity contribution < 1.29 is 4.74 Å². The average molecular weight is 228 g/mol. The van der Waals surface area contributed by atoms with Gasteiger partial charge in [-0.15, -0.1) is 0 Å². The van der Waals surface area contributed by atoms with Crippen molar-refractivity contribution in [2.24, 2.45) is 5.73 Å². The first kappa shape index (κ1) is 13.9. The number of rotatable bonds is 6. The molecule has 0 aromatic carbocycles. The Bertz CT molecular complexity index is 179. The summed E-state index contributed by atoms with van der Waals surface area (Å²) in [4.78, 5) is 0. The van der Waals surface area contributed by atoms with E-state index in [4.69, 9.17) is 10.5 Å². The van der Waals surface area contributed by atoms with E-state index in [9.17, 15) is 0 Å². The van der Waals surface area contributed by atoms with E-state index in [1.165, 1.54) is 38.5 Å². The van der Waals surface area contributed by atoms with Gasteiger partial charge in [-0.25, -0.2) is 0 Å². The van der Waals surface area contributed by atoms with Crippen molar-refractivity contribution >= 4 is 0 Å². The van der Waals surface area contributed by atoms with Crippen LogP contribution in [-0.2, 0) is 4.74 Å². The maximum absolute atomic E-state index is 5.86. The van der Waals surface area contributed by atoms with E-state index in [0.717, 1.165) is 13.2 Å². The largest absolute Gasteiger partial charge is 0.380 e. The first-order valence-corrected chi connectivity index (χ1v) is 6.75. The quantitative estimate of drug-likeness (QED) is 0.684. The van der Waals surface area contributed by atoms with Crippen LogP contribution < -0.4 is 11.1 Å². The van der Waals surface area contributed by atoms with Gasteiger partial charge in [-0.1, -0.05) is 25.7 Å². The van der Waals surface area contributed by atoms with E-state index in [-0.39, 0.29) is 5.54 Å². The zero-order valence-corrected chi connectivity index (χ0v) is 10.9. The molecule has 3 N–H and O–H groups in total. The normalized spacial score (nSPS) is 22.7. The molecule has 1 rings (SSSR count). The number of hydrogen-bond acceptors (Lipinski definition) is 3. The van der Waals surface area contributed by atoms with Gasteiger partial charge in [0.1, 0.15) is 0 Å². The lowest BCUT2D eigenvalue weighted by Crippen LogP contribution is -2.56. The third-order valence-corrected chi connectivity index (χ3v) is 3.48. The Balaban J connectivity index is 2.40. The van der Waals surface area contributed by atoms with Crippen molar-refractivity contribution in [2.45, 2.75) is 64.0 Å². The predicted molar refractivity (Wildman–Crippen MR) is 68.6 cm³/mol. The van der Waals surface area contributed by atoms with Gasteiger partial charge in [0.05, 0.1) is 12.1 Å². The molecule has 1 aliphatic rings. The van der Waals surface area contributed by atoms with Crippen molar-refractivity contribution in [1.82, 2.24) is 5.32 Å². The molecule has 0 amide bonds. The summed E-state index contributed by atoms with van der Waals surface area (Å²) < 4.78 is 5.52. The maximum Gasteiger partial charge on any atom is 0.0657 e. The van der Waals surface area contributed by atoms with Crippen LogP contribution in [0, 0.1) is 0 Å². The van der Waals surface area contributed by atoms with Gasteiger partial charge in [-0.3, -0.25) is 0 Å². The minimum absolute atomic E-state index is 0.0506. The van der Waals surface area contributed by atoms with E-state index in [2.05, 4.69) is 12.2 Å². The number of nitrogens with two attached hydrogens (primary N) is 1. The van der Waals surface area contributed by atoms with Crippen molar-refractivity contribution in [3.05, 3.63) is 0 Å². The molecule has 0 aromatic heterocycles. The van der Waals surface area contributed by atoms with Crippen LogP contribution in [0.4, 0.5) is 0 Å². The molecule has 1 saturated carbocycles. The summed E-state index contributed by atoms with van der Waals surface area (Å²) in [5, 5.41) is 3.71. The monoisotopic (exact) mass is 228 g/mol. The Morgan fingerprint density at radius 1 is 1.25 bits per heavy atom. The average Bonchev–Trinajstić information content (AvgIpc) is 2.55. The topological polar surface area (TPSA) is 47.3 Å². The summed E-state index contributed by atoms with van der Waals surface area (Å²) in [6, 6.07) is 0.636. The van der Waals surface area contributed by atoms with Gasteiger partial charge >= 0.3 is 0 Å². The molecule has 0 aliphatic heterocycles. The standard InChI is InChI=1S/C13H28N2O/c1-3-16-11-13(2,10-14)15-12-8-6-4-5-7-9-12/h12,15H,3-11,14H2,1-2H3. The molecule has 1 atom stereocenters. The summed E-state index contributed by atoms with van der Waals surface area (Å²) in [6.45, 7) is 6.33. The second-order valence-corrected chi connectivity index (χ2v) is 5.23. The molecule has 0 spiro atoms. The molecule has 1 unspecified atom stereocenters. The zero-order chi connectivity index (χ0) is 11.9. The Morgan fingerprint density at radius 3 is 2.38 bits per heavy atom. The van der Waals surface area contributed by atoms with Crippen LogP contribution in [0.15, 0.2) is 0 Å². The van der Waals surface area contributed by atoms with E-state index < -0.39 is 0 Å². The van der Waals surface area contributed by atoms with Crippen molar-refractivity contribution in [2.75, 3.05) is 19.8 Å². The number of hydrogen-bond donors (Lipinski definition) is 2. The third kappa shape index (κ3) is 4.81. The molecule has 1 aliphatic carbocycles. The van der Waals surface area contributed by atoms with Crippen LogP contribution in [0.25, 0.3) is 0 Å². The van der Waals surface area contributed by atoms with Crippen molar-refractivity contribution in [1.29, 1.82) is 0 Å². The Labute approximate surface area is 100 Å². The highest BCUT2D eigenvalue weighted by Crippen LogP contribution is 2.19. The lowest BCUT2D eigenvalue weighted by molar-refractivity contribution is 0.0801. The summed E-state index contributed by atoms with van der Waals surface area (Å²) in [5.41, 5.74) is 5.81. The maximum atomic E-state index is 5.86. The summed E-state index contributed by atoms with van der Waals surface area (Å²) >= 11 is 0. The van der Waals surface area contributed by atoms with Crippen LogP contribution in [-0.4, -0.2) is 31.3 Å². The minimum atomic E-state index is -0.0506. The smallest absolute Gasteiger partial charge is 0.0657 e. The molecule has 0 saturated heterocycles. The summed E-state index contributed by atoms with van der Waals surface area (Å²) in [5.74, 6) is 0. The molecule has 0 bridgehead atoms. The molecule has 0 aromatic rings. The molecule has 3 nitrogen and oxygen atoms in total. The van der Waals surface area contributed by atoms with Crippen molar-refractivity contribution in [3.63, 3.8) is 0 Å². The van der Waals surface area contributed by atoms with Crippen molar-refractivity contribution in [3.8, 4) is 0 Å². The van der Waals surface area contributed by atoms with Crippen LogP contribution in [0.2, 0.25) is 0 Å². The van der Waals surface area contributed by atoms with Gasteiger partial charge in [-0.05, 0) is 26.7 Å². The van der Waals surface area contributed by atoms with Gasteiger partial charge in [0, 0.05) is 19.2 Å². The van der Waals surface area contributed by atoms with Crippen LogP contribution in [0.5, 0.6) is 0 Å². The second-order valence-electron chi connectivity index (χ2n) is 5.23. The molecule has 0 radical (unpaired) electrons. The highest BCUT2D eigenvalue weighted by atomic mass is 16.5. The van der Waals surface area contributed by atoms with E-state index in [0.29, 0.717) is 12.6 Å². The number of ether oxygens (including phenoxy) is 1. The van der Waals surface area contributed by atoms with Gasteiger partial charge < -0.3 is 15.8 Å². The highest BCUT2D eigenvalue weighted by Gasteiger charge is 2.26. The zero-order valence-electron chi connectivity index (χ0n) is 10.9. The lowest BCUT2D eigenvalue weighted by Gasteiger charge is -2.33. The van der Waals surface area contributed by atoms with Crippen LogP contribution in [0.1, 0.15) is 52.4 Å².